The van der Waals surface area contributed by atoms with Crippen molar-refractivity contribution in [2.75, 3.05) is 30.3 Å². The van der Waals surface area contributed by atoms with Crippen molar-refractivity contribution in [2.45, 2.75) is 52.9 Å². The van der Waals surface area contributed by atoms with E-state index in [1.165, 1.54) is 12.8 Å². The zero-order valence-electron chi connectivity index (χ0n) is 13.7. The van der Waals surface area contributed by atoms with E-state index in [9.17, 15) is 5.11 Å². The highest BCUT2D eigenvalue weighted by Gasteiger charge is 2.28. The molecule has 0 aliphatic heterocycles. The van der Waals surface area contributed by atoms with Crippen molar-refractivity contribution in [3.05, 3.63) is 11.4 Å². The van der Waals surface area contributed by atoms with Crippen LogP contribution in [0.3, 0.4) is 0 Å². The Hall–Kier alpha value is -1.36. The molecule has 0 amide bonds. The lowest BCUT2D eigenvalue weighted by molar-refractivity contribution is 0.170. The molecule has 1 aliphatic carbocycles. The van der Waals surface area contributed by atoms with Crippen LogP contribution in [0, 0.1) is 12.3 Å². The SMILES string of the molecule is CCCNc1nc(C2CC2)nc(NCC(C)(C)CO)c1C. The molecular weight excluding hydrogens is 264 g/mol. The van der Waals surface area contributed by atoms with Gasteiger partial charge in [-0.2, -0.15) is 0 Å². The predicted molar refractivity (Wildman–Crippen MR) is 86.9 cm³/mol. The van der Waals surface area contributed by atoms with Crippen LogP contribution in [0.4, 0.5) is 11.6 Å². The van der Waals surface area contributed by atoms with Crippen molar-refractivity contribution < 1.29 is 5.11 Å². The maximum Gasteiger partial charge on any atom is 0.136 e. The van der Waals surface area contributed by atoms with Crippen molar-refractivity contribution in [1.82, 2.24) is 9.97 Å². The monoisotopic (exact) mass is 292 g/mol. The molecule has 0 atom stereocenters. The summed E-state index contributed by atoms with van der Waals surface area (Å²) in [5.74, 6) is 3.31. The highest BCUT2D eigenvalue weighted by atomic mass is 16.3. The number of nitrogens with one attached hydrogen (secondary N) is 2. The Labute approximate surface area is 127 Å². The lowest BCUT2D eigenvalue weighted by atomic mass is 9.95. The van der Waals surface area contributed by atoms with Crippen LogP contribution < -0.4 is 10.6 Å². The third-order valence-electron chi connectivity index (χ3n) is 3.81. The standard InChI is InChI=1S/C16H28N4O/c1-5-8-17-13-11(2)14(18-9-16(3,4)10-21)20-15(19-13)12-6-7-12/h12,21H,5-10H2,1-4H3,(H2,17,18,19,20). The van der Waals surface area contributed by atoms with Crippen LogP contribution >= 0.6 is 0 Å². The molecular formula is C16H28N4O. The number of anilines is 2. The lowest BCUT2D eigenvalue weighted by Gasteiger charge is -2.23. The molecule has 3 N–H and O–H groups in total. The second-order valence-electron chi connectivity index (χ2n) is 6.78. The molecule has 0 aromatic carbocycles. The zero-order chi connectivity index (χ0) is 15.5. The van der Waals surface area contributed by atoms with Crippen molar-refractivity contribution in [2.24, 2.45) is 5.41 Å². The van der Waals surface area contributed by atoms with E-state index in [1.807, 2.05) is 20.8 Å². The third-order valence-corrected chi connectivity index (χ3v) is 3.81. The van der Waals surface area contributed by atoms with Crippen LogP contribution in [0.5, 0.6) is 0 Å². The first kappa shape index (κ1) is 16.0. The molecule has 0 saturated heterocycles. The summed E-state index contributed by atoms with van der Waals surface area (Å²) in [6.45, 7) is 10.0. The van der Waals surface area contributed by atoms with E-state index < -0.39 is 0 Å². The second kappa shape index (κ2) is 6.60. The smallest absolute Gasteiger partial charge is 0.136 e. The van der Waals surface area contributed by atoms with Crippen molar-refractivity contribution >= 4 is 11.6 Å². The number of hydrogen-bond acceptors (Lipinski definition) is 5. The lowest BCUT2D eigenvalue weighted by Crippen LogP contribution is -2.27. The highest BCUT2D eigenvalue weighted by molar-refractivity contribution is 5.57. The Morgan fingerprint density at radius 3 is 2.33 bits per heavy atom. The van der Waals surface area contributed by atoms with Gasteiger partial charge in [-0.25, -0.2) is 9.97 Å². The fraction of sp³-hybridized carbons (Fsp3) is 0.750. The summed E-state index contributed by atoms with van der Waals surface area (Å²) < 4.78 is 0. The van der Waals surface area contributed by atoms with E-state index >= 15 is 0 Å². The normalized spacial score (nSPS) is 15.1. The summed E-state index contributed by atoms with van der Waals surface area (Å²) >= 11 is 0. The van der Waals surface area contributed by atoms with Gasteiger partial charge in [0.2, 0.25) is 0 Å². The minimum absolute atomic E-state index is 0.153. The Bertz CT molecular complexity index is 483. The summed E-state index contributed by atoms with van der Waals surface area (Å²) in [5.41, 5.74) is 0.898. The van der Waals surface area contributed by atoms with Gasteiger partial charge in [-0.3, -0.25) is 0 Å². The van der Waals surface area contributed by atoms with Crippen molar-refractivity contribution in [3.8, 4) is 0 Å². The first-order chi connectivity index (χ1) is 9.96. The van der Waals surface area contributed by atoms with E-state index in [-0.39, 0.29) is 12.0 Å². The zero-order valence-corrected chi connectivity index (χ0v) is 13.7. The summed E-state index contributed by atoms with van der Waals surface area (Å²) in [6, 6.07) is 0. The van der Waals surface area contributed by atoms with Gasteiger partial charge in [-0.05, 0) is 26.2 Å². The molecule has 5 heteroatoms. The Morgan fingerprint density at radius 2 is 1.81 bits per heavy atom. The summed E-state index contributed by atoms with van der Waals surface area (Å²) in [4.78, 5) is 9.38. The average Bonchev–Trinajstić information content (AvgIpc) is 3.29. The summed E-state index contributed by atoms with van der Waals surface area (Å²) in [6.07, 6.45) is 3.46. The molecule has 1 fully saturated rings. The minimum atomic E-state index is -0.159. The minimum Gasteiger partial charge on any atom is -0.396 e. The van der Waals surface area contributed by atoms with E-state index in [1.54, 1.807) is 0 Å². The van der Waals surface area contributed by atoms with Gasteiger partial charge in [0.05, 0.1) is 0 Å². The van der Waals surface area contributed by atoms with Gasteiger partial charge in [0.25, 0.3) is 0 Å². The molecule has 0 radical (unpaired) electrons. The van der Waals surface area contributed by atoms with Crippen molar-refractivity contribution in [3.63, 3.8) is 0 Å². The second-order valence-corrected chi connectivity index (χ2v) is 6.78. The van der Waals surface area contributed by atoms with E-state index in [0.717, 1.165) is 36.0 Å². The number of aliphatic hydroxyl groups excluding tert-OH is 1. The number of hydrogen-bond donors (Lipinski definition) is 3. The maximum absolute atomic E-state index is 9.38. The summed E-state index contributed by atoms with van der Waals surface area (Å²) in [7, 11) is 0. The van der Waals surface area contributed by atoms with Gasteiger partial charge in [-0.15, -0.1) is 0 Å². The number of aliphatic hydroxyl groups is 1. The van der Waals surface area contributed by atoms with Crippen molar-refractivity contribution in [1.29, 1.82) is 0 Å². The molecule has 2 rings (SSSR count). The van der Waals surface area contributed by atoms with Gasteiger partial charge in [0.15, 0.2) is 0 Å². The Kier molecular flexibility index (Phi) is 5.04. The number of nitrogens with zero attached hydrogens (tertiary/aromatic N) is 2. The average molecular weight is 292 g/mol. The molecule has 118 valence electrons. The molecule has 0 bridgehead atoms. The summed E-state index contributed by atoms with van der Waals surface area (Å²) in [5, 5.41) is 16.2. The molecule has 5 nitrogen and oxygen atoms in total. The van der Waals surface area contributed by atoms with Gasteiger partial charge in [-0.1, -0.05) is 20.8 Å². The third kappa shape index (κ3) is 4.30. The quantitative estimate of drug-likeness (QED) is 0.687. The molecule has 0 unspecified atom stereocenters. The van der Waals surface area contributed by atoms with Crippen LogP contribution in [0.2, 0.25) is 0 Å². The van der Waals surface area contributed by atoms with Gasteiger partial charge >= 0.3 is 0 Å². The van der Waals surface area contributed by atoms with Crippen LogP contribution in [0.1, 0.15) is 57.3 Å². The van der Waals surface area contributed by atoms with Crippen LogP contribution in [-0.2, 0) is 0 Å². The fourth-order valence-corrected chi connectivity index (χ4v) is 2.02. The largest absolute Gasteiger partial charge is 0.396 e. The van der Waals surface area contributed by atoms with Crippen LogP contribution in [0.15, 0.2) is 0 Å². The molecule has 1 aliphatic rings. The van der Waals surface area contributed by atoms with Crippen LogP contribution in [-0.4, -0.2) is 34.8 Å². The van der Waals surface area contributed by atoms with Gasteiger partial charge < -0.3 is 15.7 Å². The number of rotatable bonds is 8. The molecule has 1 aromatic heterocycles. The van der Waals surface area contributed by atoms with E-state index in [0.29, 0.717) is 12.5 Å². The van der Waals surface area contributed by atoms with Gasteiger partial charge in [0, 0.05) is 36.6 Å². The molecule has 1 saturated carbocycles. The van der Waals surface area contributed by atoms with Crippen LogP contribution in [0.25, 0.3) is 0 Å². The molecule has 21 heavy (non-hydrogen) atoms. The molecule has 1 heterocycles. The highest BCUT2D eigenvalue weighted by Crippen LogP contribution is 2.39. The predicted octanol–water partition coefficient (Wildman–Crippen LogP) is 2.91. The molecule has 0 spiro atoms. The first-order valence-electron chi connectivity index (χ1n) is 7.94. The maximum atomic E-state index is 9.38. The topological polar surface area (TPSA) is 70.1 Å². The van der Waals surface area contributed by atoms with E-state index in [4.69, 9.17) is 4.98 Å². The number of aromatic nitrogens is 2. The van der Waals surface area contributed by atoms with Gasteiger partial charge in [0.1, 0.15) is 17.5 Å². The Morgan fingerprint density at radius 1 is 1.19 bits per heavy atom. The van der Waals surface area contributed by atoms with E-state index in [2.05, 4.69) is 22.5 Å². The Balaban J connectivity index is 2.19. The fourth-order valence-electron chi connectivity index (χ4n) is 2.02. The molecule has 1 aromatic rings. The first-order valence-corrected chi connectivity index (χ1v) is 7.94.